The summed E-state index contributed by atoms with van der Waals surface area (Å²) in [6.45, 7) is 0. The van der Waals surface area contributed by atoms with Gasteiger partial charge in [0.25, 0.3) is 5.56 Å². The summed E-state index contributed by atoms with van der Waals surface area (Å²) in [5.74, 6) is -0.527. The van der Waals surface area contributed by atoms with E-state index in [1.54, 1.807) is 12.1 Å². The van der Waals surface area contributed by atoms with Crippen molar-refractivity contribution in [2.24, 2.45) is 5.10 Å². The Morgan fingerprint density at radius 1 is 1.24 bits per heavy atom. The number of nitro groups is 1. The van der Waals surface area contributed by atoms with E-state index in [1.165, 1.54) is 42.1 Å². The van der Waals surface area contributed by atoms with Crippen LogP contribution in [0, 0.1) is 10.1 Å². The smallest absolute Gasteiger partial charge is 0.311 e. The fourth-order valence-corrected chi connectivity index (χ4v) is 3.80. The molecule has 2 aromatic carbocycles. The lowest BCUT2D eigenvalue weighted by atomic mass is 10.1. The molecule has 0 bridgehead atoms. The topological polar surface area (TPSA) is 111 Å². The molecule has 0 saturated carbocycles. The van der Waals surface area contributed by atoms with Gasteiger partial charge in [-0.2, -0.15) is 9.78 Å². The first kappa shape index (κ1) is 18.8. The predicted octanol–water partition coefficient (Wildman–Crippen LogP) is 4.27. The van der Waals surface area contributed by atoms with Gasteiger partial charge < -0.3 is 5.11 Å². The molecular weight excluding hydrogens is 416 g/mol. The Labute approximate surface area is 172 Å². The second-order valence-corrected chi connectivity index (χ2v) is 7.24. The molecule has 0 radical (unpaired) electrons. The second kappa shape index (κ2) is 7.46. The van der Waals surface area contributed by atoms with Gasteiger partial charge in [0.05, 0.1) is 16.5 Å². The van der Waals surface area contributed by atoms with Crippen LogP contribution in [0.2, 0.25) is 5.02 Å². The molecular formula is C19H11ClN4O4S. The van der Waals surface area contributed by atoms with Gasteiger partial charge in [-0.1, -0.05) is 29.8 Å². The van der Waals surface area contributed by atoms with Crippen LogP contribution in [-0.2, 0) is 0 Å². The number of rotatable bonds is 4. The molecule has 144 valence electrons. The van der Waals surface area contributed by atoms with E-state index in [4.69, 9.17) is 11.6 Å². The number of phenols is 1. The van der Waals surface area contributed by atoms with Crippen molar-refractivity contribution in [2.75, 3.05) is 0 Å². The quantitative estimate of drug-likeness (QED) is 0.297. The first-order valence-electron chi connectivity index (χ1n) is 8.21. The summed E-state index contributed by atoms with van der Waals surface area (Å²) in [5, 5.41) is 27.8. The summed E-state index contributed by atoms with van der Waals surface area (Å²) in [5.41, 5.74) is 0.786. The van der Waals surface area contributed by atoms with Crippen molar-refractivity contribution in [1.29, 1.82) is 0 Å². The van der Waals surface area contributed by atoms with Crippen LogP contribution in [0.3, 0.4) is 0 Å². The fraction of sp³-hybridized carbons (Fsp3) is 0. The molecule has 0 amide bonds. The van der Waals surface area contributed by atoms with E-state index in [9.17, 15) is 20.0 Å². The van der Waals surface area contributed by atoms with Gasteiger partial charge in [-0.15, -0.1) is 11.3 Å². The number of halogens is 1. The van der Waals surface area contributed by atoms with Crippen molar-refractivity contribution in [1.82, 2.24) is 9.66 Å². The van der Waals surface area contributed by atoms with Crippen molar-refractivity contribution in [3.63, 3.8) is 0 Å². The molecule has 0 spiro atoms. The van der Waals surface area contributed by atoms with Gasteiger partial charge in [-0.3, -0.25) is 14.9 Å². The lowest BCUT2D eigenvalue weighted by Crippen LogP contribution is -2.16. The number of aromatic hydroxyl groups is 1. The van der Waals surface area contributed by atoms with Crippen molar-refractivity contribution in [3.05, 3.63) is 85.2 Å². The maximum atomic E-state index is 13.0. The Morgan fingerprint density at radius 3 is 2.72 bits per heavy atom. The minimum Gasteiger partial charge on any atom is -0.502 e. The Bertz CT molecular complexity index is 1330. The van der Waals surface area contributed by atoms with Gasteiger partial charge in [0.15, 0.2) is 0 Å². The minimum absolute atomic E-state index is 0.106. The Balaban J connectivity index is 1.79. The lowest BCUT2D eigenvalue weighted by Gasteiger charge is -2.02. The highest BCUT2D eigenvalue weighted by Gasteiger charge is 2.16. The first-order chi connectivity index (χ1) is 14.0. The van der Waals surface area contributed by atoms with E-state index in [0.29, 0.717) is 20.8 Å². The predicted molar refractivity (Wildman–Crippen MR) is 112 cm³/mol. The standard InChI is InChI=1S/C19H11ClN4O4S/c20-13-6-4-11(5-7-13)14-9-29-18-16(14)19(26)23(10-21-18)22-8-12-2-1-3-15(17(12)25)24(27)28/h1-10,25H/b22-8-. The summed E-state index contributed by atoms with van der Waals surface area (Å²) in [6, 6.07) is 11.1. The van der Waals surface area contributed by atoms with Crippen LogP contribution in [0.5, 0.6) is 5.75 Å². The molecule has 0 unspecified atom stereocenters. The summed E-state index contributed by atoms with van der Waals surface area (Å²) in [6.07, 6.45) is 2.43. The second-order valence-electron chi connectivity index (χ2n) is 5.95. The van der Waals surface area contributed by atoms with Gasteiger partial charge in [-0.25, -0.2) is 4.98 Å². The van der Waals surface area contributed by atoms with Crippen molar-refractivity contribution >= 4 is 45.1 Å². The third-order valence-corrected chi connectivity index (χ3v) is 5.34. The number of para-hydroxylation sites is 1. The number of nitro benzene ring substituents is 1. The van der Waals surface area contributed by atoms with Gasteiger partial charge in [0.1, 0.15) is 11.2 Å². The molecule has 4 rings (SSSR count). The van der Waals surface area contributed by atoms with E-state index in [-0.39, 0.29) is 5.56 Å². The van der Waals surface area contributed by atoms with Crippen LogP contribution in [0.15, 0.2) is 64.1 Å². The molecule has 0 fully saturated rings. The largest absolute Gasteiger partial charge is 0.502 e. The number of aromatic nitrogens is 2. The average molecular weight is 427 g/mol. The van der Waals surface area contributed by atoms with E-state index < -0.39 is 21.9 Å². The van der Waals surface area contributed by atoms with E-state index in [0.717, 1.165) is 10.2 Å². The molecule has 29 heavy (non-hydrogen) atoms. The minimum atomic E-state index is -0.698. The van der Waals surface area contributed by atoms with E-state index in [2.05, 4.69) is 10.1 Å². The van der Waals surface area contributed by atoms with Gasteiger partial charge in [-0.05, 0) is 23.8 Å². The molecule has 0 saturated heterocycles. The number of nitrogens with zero attached hydrogens (tertiary/aromatic N) is 4. The third-order valence-electron chi connectivity index (χ3n) is 4.20. The fourth-order valence-electron chi connectivity index (χ4n) is 2.77. The van der Waals surface area contributed by atoms with Gasteiger partial charge in [0.2, 0.25) is 5.75 Å². The van der Waals surface area contributed by atoms with Crippen molar-refractivity contribution in [2.45, 2.75) is 0 Å². The molecule has 8 nitrogen and oxygen atoms in total. The van der Waals surface area contributed by atoms with E-state index in [1.807, 2.05) is 17.5 Å². The number of benzene rings is 2. The summed E-state index contributed by atoms with van der Waals surface area (Å²) >= 11 is 7.27. The third kappa shape index (κ3) is 3.48. The highest BCUT2D eigenvalue weighted by molar-refractivity contribution is 7.17. The maximum absolute atomic E-state index is 13.0. The molecule has 2 heterocycles. The molecule has 0 aliphatic carbocycles. The van der Waals surface area contributed by atoms with Crippen molar-refractivity contribution < 1.29 is 10.0 Å². The van der Waals surface area contributed by atoms with Crippen LogP contribution in [0.1, 0.15) is 5.56 Å². The van der Waals surface area contributed by atoms with Crippen LogP contribution in [-0.4, -0.2) is 25.9 Å². The zero-order chi connectivity index (χ0) is 20.5. The molecule has 0 aliphatic rings. The molecule has 0 aliphatic heterocycles. The number of thiophene rings is 1. The average Bonchev–Trinajstić information content (AvgIpc) is 3.14. The Hall–Kier alpha value is -3.56. The van der Waals surface area contributed by atoms with Crippen LogP contribution in [0.4, 0.5) is 5.69 Å². The Kier molecular flexibility index (Phi) is 4.83. The van der Waals surface area contributed by atoms with Gasteiger partial charge in [0, 0.05) is 27.6 Å². The van der Waals surface area contributed by atoms with E-state index >= 15 is 0 Å². The molecule has 1 N–H and O–H groups in total. The monoisotopic (exact) mass is 426 g/mol. The van der Waals surface area contributed by atoms with Crippen LogP contribution < -0.4 is 5.56 Å². The highest BCUT2D eigenvalue weighted by Crippen LogP contribution is 2.31. The molecule has 4 aromatic rings. The summed E-state index contributed by atoms with van der Waals surface area (Å²) in [7, 11) is 0. The van der Waals surface area contributed by atoms with Crippen molar-refractivity contribution in [3.8, 4) is 16.9 Å². The number of hydrogen-bond donors (Lipinski definition) is 1. The Morgan fingerprint density at radius 2 is 2.00 bits per heavy atom. The lowest BCUT2D eigenvalue weighted by molar-refractivity contribution is -0.385. The highest BCUT2D eigenvalue weighted by atomic mass is 35.5. The normalized spacial score (nSPS) is 11.3. The van der Waals surface area contributed by atoms with Gasteiger partial charge >= 0.3 is 5.69 Å². The maximum Gasteiger partial charge on any atom is 0.311 e. The number of hydrogen-bond acceptors (Lipinski definition) is 7. The molecule has 2 aromatic heterocycles. The number of phenolic OH excluding ortho intramolecular Hbond substituents is 1. The molecule has 10 heteroatoms. The van der Waals surface area contributed by atoms with Crippen LogP contribution in [0.25, 0.3) is 21.3 Å². The molecule has 0 atom stereocenters. The number of fused-ring (bicyclic) bond motifs is 1. The zero-order valence-electron chi connectivity index (χ0n) is 14.5. The zero-order valence-corrected chi connectivity index (χ0v) is 16.1. The summed E-state index contributed by atoms with van der Waals surface area (Å²) < 4.78 is 1.02. The van der Waals surface area contributed by atoms with Crippen LogP contribution >= 0.6 is 22.9 Å². The SMILES string of the molecule is O=c1c2c(-c3ccc(Cl)cc3)csc2ncn1/N=C\c1cccc([N+](=O)[O-])c1O. The first-order valence-corrected chi connectivity index (χ1v) is 9.47. The summed E-state index contributed by atoms with van der Waals surface area (Å²) in [4.78, 5) is 28.0.